The SMILES string of the molecule is COc1ccccc1NP(=O)(OC(C)C)OC(C)C. The zero-order valence-electron chi connectivity index (χ0n) is 12.0. The van der Waals surface area contributed by atoms with Crippen molar-refractivity contribution in [2.45, 2.75) is 39.9 Å². The van der Waals surface area contributed by atoms with Crippen molar-refractivity contribution < 1.29 is 18.3 Å². The molecular weight excluding hydrogens is 265 g/mol. The smallest absolute Gasteiger partial charge is 0.433 e. The minimum atomic E-state index is -3.42. The number of hydrogen-bond acceptors (Lipinski definition) is 4. The largest absolute Gasteiger partial charge is 0.495 e. The normalized spacial score (nSPS) is 11.9. The number of hydrogen-bond donors (Lipinski definition) is 1. The summed E-state index contributed by atoms with van der Waals surface area (Å²) in [5, 5.41) is 2.82. The molecule has 0 aromatic heterocycles. The maximum absolute atomic E-state index is 12.7. The Kier molecular flexibility index (Phi) is 5.85. The van der Waals surface area contributed by atoms with Gasteiger partial charge in [-0.2, -0.15) is 0 Å². The molecule has 0 bridgehead atoms. The molecule has 5 nitrogen and oxygen atoms in total. The van der Waals surface area contributed by atoms with Crippen molar-refractivity contribution >= 4 is 13.4 Å². The Labute approximate surface area is 114 Å². The molecule has 0 unspecified atom stereocenters. The van der Waals surface area contributed by atoms with Gasteiger partial charge < -0.3 is 4.74 Å². The minimum absolute atomic E-state index is 0.216. The molecule has 0 aliphatic heterocycles. The van der Waals surface area contributed by atoms with Gasteiger partial charge in [-0.3, -0.25) is 14.1 Å². The number of para-hydroxylation sites is 2. The highest BCUT2D eigenvalue weighted by atomic mass is 31.2. The summed E-state index contributed by atoms with van der Waals surface area (Å²) in [4.78, 5) is 0. The van der Waals surface area contributed by atoms with E-state index in [1.165, 1.54) is 0 Å². The summed E-state index contributed by atoms with van der Waals surface area (Å²) in [6.07, 6.45) is -0.432. The van der Waals surface area contributed by atoms with Crippen LogP contribution in [0.25, 0.3) is 0 Å². The molecule has 0 radical (unpaired) electrons. The topological polar surface area (TPSA) is 56.8 Å². The lowest BCUT2D eigenvalue weighted by Crippen LogP contribution is -2.13. The van der Waals surface area contributed by atoms with Gasteiger partial charge in [0.2, 0.25) is 0 Å². The first-order valence-electron chi connectivity index (χ1n) is 6.24. The van der Waals surface area contributed by atoms with Gasteiger partial charge in [-0.05, 0) is 39.8 Å². The Bertz CT molecular complexity index is 434. The lowest BCUT2D eigenvalue weighted by atomic mass is 10.3. The van der Waals surface area contributed by atoms with E-state index in [0.29, 0.717) is 11.4 Å². The van der Waals surface area contributed by atoms with Crippen molar-refractivity contribution in [2.24, 2.45) is 0 Å². The highest BCUT2D eigenvalue weighted by Gasteiger charge is 2.29. The maximum atomic E-state index is 12.7. The molecule has 1 rings (SSSR count). The van der Waals surface area contributed by atoms with Gasteiger partial charge in [0, 0.05) is 0 Å². The van der Waals surface area contributed by atoms with Gasteiger partial charge in [-0.25, -0.2) is 4.57 Å². The third kappa shape index (κ3) is 5.23. The molecule has 0 aliphatic carbocycles. The van der Waals surface area contributed by atoms with Crippen molar-refractivity contribution in [3.63, 3.8) is 0 Å². The van der Waals surface area contributed by atoms with Crippen LogP contribution in [0, 0.1) is 0 Å². The molecule has 6 heteroatoms. The van der Waals surface area contributed by atoms with Crippen LogP contribution in [-0.4, -0.2) is 19.3 Å². The van der Waals surface area contributed by atoms with E-state index in [9.17, 15) is 4.57 Å². The Morgan fingerprint density at radius 2 is 1.58 bits per heavy atom. The standard InChI is InChI=1S/C13H22NO4P/c1-10(2)17-19(15,18-11(3)4)14-12-8-6-7-9-13(12)16-5/h6-11H,1-5H3,(H,14,15). The molecule has 0 saturated carbocycles. The third-order valence-corrected chi connectivity index (χ3v) is 3.98. The Morgan fingerprint density at radius 1 is 1.05 bits per heavy atom. The summed E-state index contributed by atoms with van der Waals surface area (Å²) in [7, 11) is -1.87. The summed E-state index contributed by atoms with van der Waals surface area (Å²) >= 11 is 0. The van der Waals surface area contributed by atoms with E-state index >= 15 is 0 Å². The number of rotatable bonds is 7. The Balaban J connectivity index is 2.97. The highest BCUT2D eigenvalue weighted by molar-refractivity contribution is 7.55. The van der Waals surface area contributed by atoms with Gasteiger partial charge in [0.25, 0.3) is 0 Å². The Morgan fingerprint density at radius 3 is 2.05 bits per heavy atom. The first-order chi connectivity index (χ1) is 8.86. The Hall–Kier alpha value is -1.03. The number of ether oxygens (including phenoxy) is 1. The van der Waals surface area contributed by atoms with Crippen molar-refractivity contribution in [3.8, 4) is 5.75 Å². The van der Waals surface area contributed by atoms with Crippen LogP contribution in [0.15, 0.2) is 24.3 Å². The van der Waals surface area contributed by atoms with E-state index in [-0.39, 0.29) is 12.2 Å². The van der Waals surface area contributed by atoms with Crippen LogP contribution in [0.5, 0.6) is 5.75 Å². The minimum Gasteiger partial charge on any atom is -0.495 e. The van der Waals surface area contributed by atoms with Crippen LogP contribution < -0.4 is 9.82 Å². The molecule has 19 heavy (non-hydrogen) atoms. The zero-order chi connectivity index (χ0) is 14.5. The van der Waals surface area contributed by atoms with E-state index in [4.69, 9.17) is 13.8 Å². The van der Waals surface area contributed by atoms with Crippen molar-refractivity contribution in [2.75, 3.05) is 12.2 Å². The fourth-order valence-electron chi connectivity index (χ4n) is 1.52. The van der Waals surface area contributed by atoms with E-state index in [2.05, 4.69) is 5.09 Å². The van der Waals surface area contributed by atoms with E-state index in [1.54, 1.807) is 46.9 Å². The first-order valence-corrected chi connectivity index (χ1v) is 7.78. The molecular formula is C13H22NO4P. The fraction of sp³-hybridized carbons (Fsp3) is 0.538. The van der Waals surface area contributed by atoms with Crippen molar-refractivity contribution in [3.05, 3.63) is 24.3 Å². The van der Waals surface area contributed by atoms with Crippen LogP contribution in [-0.2, 0) is 13.6 Å². The quantitative estimate of drug-likeness (QED) is 0.766. The number of benzene rings is 1. The van der Waals surface area contributed by atoms with Crippen LogP contribution >= 0.6 is 7.75 Å². The summed E-state index contributed by atoms with van der Waals surface area (Å²) in [5.74, 6) is 0.586. The second-order valence-electron chi connectivity index (χ2n) is 4.62. The van der Waals surface area contributed by atoms with Crippen LogP contribution in [0.1, 0.15) is 27.7 Å². The van der Waals surface area contributed by atoms with Crippen molar-refractivity contribution in [1.29, 1.82) is 0 Å². The van der Waals surface area contributed by atoms with Crippen LogP contribution in [0.4, 0.5) is 5.69 Å². The van der Waals surface area contributed by atoms with Gasteiger partial charge in [-0.1, -0.05) is 12.1 Å². The summed E-state index contributed by atoms with van der Waals surface area (Å²) in [6.45, 7) is 7.22. The molecule has 108 valence electrons. The monoisotopic (exact) mass is 287 g/mol. The molecule has 0 atom stereocenters. The number of methoxy groups -OCH3 is 1. The molecule has 0 fully saturated rings. The third-order valence-electron chi connectivity index (χ3n) is 2.06. The second-order valence-corrected chi connectivity index (χ2v) is 6.26. The van der Waals surface area contributed by atoms with Gasteiger partial charge in [0.05, 0.1) is 25.0 Å². The average molecular weight is 287 g/mol. The fourth-order valence-corrected chi connectivity index (χ4v) is 3.26. The molecule has 0 heterocycles. The molecule has 0 amide bonds. The summed E-state index contributed by atoms with van der Waals surface area (Å²) < 4.78 is 28.7. The van der Waals surface area contributed by atoms with Crippen LogP contribution in [0.3, 0.4) is 0 Å². The lowest BCUT2D eigenvalue weighted by Gasteiger charge is -2.24. The predicted octanol–water partition coefficient (Wildman–Crippen LogP) is 4.07. The number of nitrogens with one attached hydrogen (secondary N) is 1. The molecule has 1 aromatic carbocycles. The van der Waals surface area contributed by atoms with Gasteiger partial charge in [0.15, 0.2) is 0 Å². The summed E-state index contributed by atoms with van der Waals surface area (Å²) in [6, 6.07) is 7.19. The zero-order valence-corrected chi connectivity index (χ0v) is 12.9. The van der Waals surface area contributed by atoms with E-state index in [0.717, 1.165) is 0 Å². The van der Waals surface area contributed by atoms with Crippen LogP contribution in [0.2, 0.25) is 0 Å². The highest BCUT2D eigenvalue weighted by Crippen LogP contribution is 2.51. The maximum Gasteiger partial charge on any atom is 0.433 e. The van der Waals surface area contributed by atoms with Crippen molar-refractivity contribution in [1.82, 2.24) is 0 Å². The van der Waals surface area contributed by atoms with Gasteiger partial charge >= 0.3 is 7.75 Å². The molecule has 0 aliphatic rings. The van der Waals surface area contributed by atoms with Gasteiger partial charge in [0.1, 0.15) is 5.75 Å². The van der Waals surface area contributed by atoms with Gasteiger partial charge in [-0.15, -0.1) is 0 Å². The molecule has 1 aromatic rings. The molecule has 1 N–H and O–H groups in total. The first kappa shape index (κ1) is 16.0. The van der Waals surface area contributed by atoms with E-state index in [1.807, 2.05) is 12.1 Å². The second kappa shape index (κ2) is 6.94. The molecule has 0 saturated heterocycles. The number of anilines is 1. The predicted molar refractivity (Wildman–Crippen MR) is 76.7 cm³/mol. The average Bonchev–Trinajstić information content (AvgIpc) is 2.26. The summed E-state index contributed by atoms with van der Waals surface area (Å²) in [5.41, 5.74) is 0.578. The van der Waals surface area contributed by atoms with E-state index < -0.39 is 7.75 Å². The molecule has 0 spiro atoms. The lowest BCUT2D eigenvalue weighted by molar-refractivity contribution is 0.146.